The van der Waals surface area contributed by atoms with Gasteiger partial charge in [-0.3, -0.25) is 15.4 Å². The molecule has 0 fully saturated rings. The highest BCUT2D eigenvalue weighted by molar-refractivity contribution is 5.83. The number of nitro benzene ring substituents is 1. The molecule has 0 bridgehead atoms. The fraction of sp³-hybridized carbons (Fsp3) is 0.0714. The summed E-state index contributed by atoms with van der Waals surface area (Å²) in [5, 5.41) is 21.5. The molecule has 0 unspecified atom stereocenters. The average Bonchev–Trinajstić information content (AvgIpc) is 2.48. The molecule has 0 spiro atoms. The standard InChI is InChI=1S/C14H12N2O6/c1-21-13-8-9(15-14(17)18)2-7-12(13)22-11-5-3-10(4-6-11)16(19)20/h2-8,15H,1H3,(H,17,18). The second-order valence-corrected chi connectivity index (χ2v) is 4.15. The summed E-state index contributed by atoms with van der Waals surface area (Å²) in [6.07, 6.45) is -1.19. The third-order valence-electron chi connectivity index (χ3n) is 2.69. The lowest BCUT2D eigenvalue weighted by Crippen LogP contribution is -2.07. The smallest absolute Gasteiger partial charge is 0.409 e. The minimum atomic E-state index is -1.19. The Hall–Kier alpha value is -3.29. The van der Waals surface area contributed by atoms with Gasteiger partial charge in [-0.15, -0.1) is 0 Å². The number of carbonyl (C=O) groups is 1. The van der Waals surface area contributed by atoms with E-state index in [0.29, 0.717) is 22.9 Å². The van der Waals surface area contributed by atoms with Gasteiger partial charge in [-0.1, -0.05) is 0 Å². The molecule has 0 saturated heterocycles. The maximum absolute atomic E-state index is 10.6. The molecule has 2 aromatic carbocycles. The Morgan fingerprint density at radius 1 is 1.18 bits per heavy atom. The number of rotatable bonds is 5. The highest BCUT2D eigenvalue weighted by Crippen LogP contribution is 2.34. The van der Waals surface area contributed by atoms with Crippen molar-refractivity contribution >= 4 is 17.5 Å². The van der Waals surface area contributed by atoms with Gasteiger partial charge >= 0.3 is 6.09 Å². The Balaban J connectivity index is 2.21. The summed E-state index contributed by atoms with van der Waals surface area (Å²) in [5.74, 6) is 1.07. The van der Waals surface area contributed by atoms with Gasteiger partial charge < -0.3 is 14.6 Å². The third kappa shape index (κ3) is 3.63. The number of benzene rings is 2. The van der Waals surface area contributed by atoms with Crippen LogP contribution < -0.4 is 14.8 Å². The van der Waals surface area contributed by atoms with Crippen LogP contribution in [0.25, 0.3) is 0 Å². The number of non-ortho nitro benzene ring substituents is 1. The van der Waals surface area contributed by atoms with E-state index in [1.807, 2.05) is 0 Å². The van der Waals surface area contributed by atoms with Gasteiger partial charge in [-0.05, 0) is 24.3 Å². The molecule has 8 heteroatoms. The quantitative estimate of drug-likeness (QED) is 0.646. The summed E-state index contributed by atoms with van der Waals surface area (Å²) in [6.45, 7) is 0. The average molecular weight is 304 g/mol. The monoisotopic (exact) mass is 304 g/mol. The largest absolute Gasteiger partial charge is 0.493 e. The first-order valence-electron chi connectivity index (χ1n) is 6.10. The lowest BCUT2D eigenvalue weighted by molar-refractivity contribution is -0.384. The number of methoxy groups -OCH3 is 1. The molecule has 22 heavy (non-hydrogen) atoms. The van der Waals surface area contributed by atoms with Gasteiger partial charge in [0.05, 0.1) is 12.0 Å². The molecule has 2 aromatic rings. The number of ether oxygens (including phenoxy) is 2. The summed E-state index contributed by atoms with van der Waals surface area (Å²) in [5.41, 5.74) is 0.292. The van der Waals surface area contributed by atoms with Crippen LogP contribution in [-0.2, 0) is 0 Å². The minimum Gasteiger partial charge on any atom is -0.493 e. The molecule has 8 nitrogen and oxygen atoms in total. The van der Waals surface area contributed by atoms with Crippen molar-refractivity contribution in [1.29, 1.82) is 0 Å². The van der Waals surface area contributed by atoms with Crippen molar-refractivity contribution < 1.29 is 24.3 Å². The van der Waals surface area contributed by atoms with E-state index in [0.717, 1.165) is 0 Å². The molecule has 0 radical (unpaired) electrons. The van der Waals surface area contributed by atoms with Crippen molar-refractivity contribution in [2.24, 2.45) is 0 Å². The lowest BCUT2D eigenvalue weighted by Gasteiger charge is -2.11. The Labute approximate surface area is 125 Å². The molecule has 1 amide bonds. The van der Waals surface area contributed by atoms with Crippen LogP contribution in [0.4, 0.5) is 16.2 Å². The van der Waals surface area contributed by atoms with Gasteiger partial charge in [0.2, 0.25) is 0 Å². The van der Waals surface area contributed by atoms with Gasteiger partial charge in [-0.25, -0.2) is 4.79 Å². The number of amides is 1. The molecule has 0 aliphatic carbocycles. The van der Waals surface area contributed by atoms with Crippen LogP contribution in [0, 0.1) is 10.1 Å². The molecule has 2 rings (SSSR count). The van der Waals surface area contributed by atoms with Gasteiger partial charge in [-0.2, -0.15) is 0 Å². The second-order valence-electron chi connectivity index (χ2n) is 4.15. The zero-order chi connectivity index (χ0) is 16.1. The van der Waals surface area contributed by atoms with Crippen molar-refractivity contribution in [3.63, 3.8) is 0 Å². The maximum Gasteiger partial charge on any atom is 0.409 e. The number of nitrogens with one attached hydrogen (secondary N) is 1. The molecule has 0 aromatic heterocycles. The number of hydrogen-bond acceptors (Lipinski definition) is 5. The number of carboxylic acid groups (broad SMARTS) is 1. The number of nitro groups is 1. The fourth-order valence-electron chi connectivity index (χ4n) is 1.72. The molecule has 114 valence electrons. The van der Waals surface area contributed by atoms with Gasteiger partial charge in [0.25, 0.3) is 5.69 Å². The summed E-state index contributed by atoms with van der Waals surface area (Å²) in [6, 6.07) is 10.1. The summed E-state index contributed by atoms with van der Waals surface area (Å²) < 4.78 is 10.7. The molecule has 2 N–H and O–H groups in total. The molecular formula is C14H12N2O6. The van der Waals surface area contributed by atoms with E-state index in [1.165, 1.54) is 49.6 Å². The van der Waals surface area contributed by atoms with Crippen LogP contribution in [0.5, 0.6) is 17.2 Å². The zero-order valence-electron chi connectivity index (χ0n) is 11.5. The minimum absolute atomic E-state index is 0.0414. The number of hydrogen-bond donors (Lipinski definition) is 2. The van der Waals surface area contributed by atoms with Crippen LogP contribution in [0.15, 0.2) is 42.5 Å². The van der Waals surface area contributed by atoms with E-state index in [4.69, 9.17) is 14.6 Å². The zero-order valence-corrected chi connectivity index (χ0v) is 11.5. The van der Waals surface area contributed by atoms with E-state index in [9.17, 15) is 14.9 Å². The van der Waals surface area contributed by atoms with Crippen molar-refractivity contribution in [3.05, 3.63) is 52.6 Å². The molecule has 0 aliphatic rings. The highest BCUT2D eigenvalue weighted by atomic mass is 16.6. The SMILES string of the molecule is COc1cc(NC(=O)O)ccc1Oc1ccc([N+](=O)[O-])cc1. The van der Waals surface area contributed by atoms with E-state index in [-0.39, 0.29) is 5.69 Å². The third-order valence-corrected chi connectivity index (χ3v) is 2.69. The topological polar surface area (TPSA) is 111 Å². The second kappa shape index (κ2) is 6.44. The fourth-order valence-corrected chi connectivity index (χ4v) is 1.72. The molecule has 0 saturated carbocycles. The van der Waals surface area contributed by atoms with Crippen LogP contribution in [0.1, 0.15) is 0 Å². The number of anilines is 1. The van der Waals surface area contributed by atoms with Crippen molar-refractivity contribution in [1.82, 2.24) is 0 Å². The van der Waals surface area contributed by atoms with Crippen LogP contribution in [0.3, 0.4) is 0 Å². The van der Waals surface area contributed by atoms with Crippen LogP contribution in [0.2, 0.25) is 0 Å². The van der Waals surface area contributed by atoms with Crippen LogP contribution >= 0.6 is 0 Å². The lowest BCUT2D eigenvalue weighted by atomic mass is 10.2. The van der Waals surface area contributed by atoms with E-state index in [2.05, 4.69) is 5.32 Å². The molecule has 0 aliphatic heterocycles. The first-order valence-corrected chi connectivity index (χ1v) is 6.10. The Bertz CT molecular complexity index is 699. The van der Waals surface area contributed by atoms with E-state index in [1.54, 1.807) is 0 Å². The van der Waals surface area contributed by atoms with E-state index >= 15 is 0 Å². The maximum atomic E-state index is 10.6. The van der Waals surface area contributed by atoms with Crippen LogP contribution in [-0.4, -0.2) is 23.2 Å². The predicted molar refractivity (Wildman–Crippen MR) is 77.8 cm³/mol. The van der Waals surface area contributed by atoms with E-state index < -0.39 is 11.0 Å². The predicted octanol–water partition coefficient (Wildman–Crippen LogP) is 3.49. The molecule has 0 atom stereocenters. The Morgan fingerprint density at radius 3 is 2.41 bits per heavy atom. The van der Waals surface area contributed by atoms with Gasteiger partial charge in [0.1, 0.15) is 5.75 Å². The normalized spacial score (nSPS) is 9.86. The van der Waals surface area contributed by atoms with Crippen molar-refractivity contribution in [3.8, 4) is 17.2 Å². The summed E-state index contributed by atoms with van der Waals surface area (Å²) in [4.78, 5) is 20.7. The summed E-state index contributed by atoms with van der Waals surface area (Å²) in [7, 11) is 1.42. The van der Waals surface area contributed by atoms with Gasteiger partial charge in [0.15, 0.2) is 11.5 Å². The Kier molecular flexibility index (Phi) is 4.42. The Morgan fingerprint density at radius 2 is 1.86 bits per heavy atom. The summed E-state index contributed by atoms with van der Waals surface area (Å²) >= 11 is 0. The van der Waals surface area contributed by atoms with Gasteiger partial charge in [0, 0.05) is 23.9 Å². The first-order chi connectivity index (χ1) is 10.5. The highest BCUT2D eigenvalue weighted by Gasteiger charge is 2.10. The van der Waals surface area contributed by atoms with Crippen molar-refractivity contribution in [2.45, 2.75) is 0 Å². The molecule has 0 heterocycles. The molecular weight excluding hydrogens is 292 g/mol. The van der Waals surface area contributed by atoms with Crippen molar-refractivity contribution in [2.75, 3.05) is 12.4 Å². The number of nitrogens with zero attached hydrogens (tertiary/aromatic N) is 1. The first kappa shape index (κ1) is 15.1.